The van der Waals surface area contributed by atoms with Gasteiger partial charge in [0.2, 0.25) is 5.16 Å². The summed E-state index contributed by atoms with van der Waals surface area (Å²) in [4.78, 5) is 27.0. The lowest BCUT2D eigenvalue weighted by atomic mass is 9.91. The molecule has 2 fully saturated rings. The summed E-state index contributed by atoms with van der Waals surface area (Å²) in [5, 5.41) is 1.72. The molecule has 13 heteroatoms. The predicted molar refractivity (Wildman–Crippen MR) is 217 cm³/mol. The van der Waals surface area contributed by atoms with Crippen molar-refractivity contribution in [2.24, 2.45) is 0 Å². The van der Waals surface area contributed by atoms with Crippen LogP contribution in [0.25, 0.3) is 10.8 Å². The highest BCUT2D eigenvalue weighted by molar-refractivity contribution is 7.84. The minimum Gasteiger partial charge on any atom is -0.468 e. The molecular weight excluding hydrogens is 736 g/mol. The number of halogens is 1. The number of piperazine rings is 1. The molecule has 1 aromatic heterocycles. The van der Waals surface area contributed by atoms with Gasteiger partial charge in [0.1, 0.15) is 31.1 Å². The minimum atomic E-state index is -2.20. The first kappa shape index (κ1) is 41.1. The average Bonchev–Trinajstić information content (AvgIpc) is 3.38. The minimum absolute atomic E-state index is 0.0356. The van der Waals surface area contributed by atoms with Crippen LogP contribution in [0.3, 0.4) is 0 Å². The summed E-state index contributed by atoms with van der Waals surface area (Å²) in [5.74, 6) is 4.30. The number of amides is 1. The number of fused-ring (bicyclic) bond motifs is 4. The number of ether oxygens (including phenoxy) is 4. The van der Waals surface area contributed by atoms with Crippen LogP contribution in [0.1, 0.15) is 104 Å². The van der Waals surface area contributed by atoms with Gasteiger partial charge in [-0.25, -0.2) is 19.2 Å². The molecule has 298 valence electrons. The van der Waals surface area contributed by atoms with Gasteiger partial charge in [-0.2, -0.15) is 0 Å². The number of methoxy groups -OCH3 is 1. The number of benzene rings is 2. The maximum atomic E-state index is 16.1. The number of aromatic nitrogens is 2. The zero-order chi connectivity index (χ0) is 40.0. The number of rotatable bonds is 9. The van der Waals surface area contributed by atoms with Crippen LogP contribution in [0, 0.1) is 17.3 Å². The standard InChI is InChI=1S/C42H57FN4O6SSi/c1-25(2)55(26(3)4,27(5)6)17-16-32-35(43)15-12-28-18-31(52-24-50-10)19-33(38(28)32)37-20-36-34(23-51-37)39(45-40(44-36)54(11)49)46-21-29-13-14-30(22-46)47(29)41(48)53-42(7,8)9/h12,15,18-19,25-27,29-30,37H,13-14,20-24H2,1-11H3. The smallest absolute Gasteiger partial charge is 0.410 e. The van der Waals surface area contributed by atoms with E-state index in [9.17, 15) is 9.00 Å². The quantitative estimate of drug-likeness (QED) is 0.0914. The number of hydrogen-bond donors (Lipinski definition) is 0. The third-order valence-electron chi connectivity index (χ3n) is 11.5. The third-order valence-corrected chi connectivity index (χ3v) is 18.5. The summed E-state index contributed by atoms with van der Waals surface area (Å²) in [7, 11) is -2.09. The molecule has 0 aliphatic carbocycles. The summed E-state index contributed by atoms with van der Waals surface area (Å²) in [5.41, 5.74) is 6.96. The van der Waals surface area contributed by atoms with Crippen molar-refractivity contribution in [3.63, 3.8) is 0 Å². The SMILES string of the molecule is COCOc1cc(C2Cc3nc(S(C)=O)nc(N4CC5CCC(C4)N5C(=O)OC(C)(C)C)c3CO2)c2c(C#C[Si](C(C)C)(C(C)C)C(C)C)c(F)ccc2c1. The highest BCUT2D eigenvalue weighted by Crippen LogP contribution is 2.43. The van der Waals surface area contributed by atoms with Crippen molar-refractivity contribution in [3.8, 4) is 17.2 Å². The summed E-state index contributed by atoms with van der Waals surface area (Å²) in [6.45, 7) is 20.5. The molecule has 2 aromatic carbocycles. The molecule has 55 heavy (non-hydrogen) atoms. The van der Waals surface area contributed by atoms with Gasteiger partial charge in [-0.05, 0) is 79.4 Å². The normalized spacial score (nSPS) is 20.5. The van der Waals surface area contributed by atoms with E-state index in [0.29, 0.717) is 58.7 Å². The van der Waals surface area contributed by atoms with Crippen molar-refractivity contribution in [1.29, 1.82) is 0 Å². The molecule has 0 N–H and O–H groups in total. The Morgan fingerprint density at radius 2 is 1.71 bits per heavy atom. The van der Waals surface area contributed by atoms with Crippen molar-refractivity contribution in [1.82, 2.24) is 14.9 Å². The molecule has 0 saturated carbocycles. The van der Waals surface area contributed by atoms with Crippen LogP contribution in [0.15, 0.2) is 29.4 Å². The van der Waals surface area contributed by atoms with E-state index >= 15 is 4.39 Å². The average molecular weight is 793 g/mol. The number of hydrogen-bond acceptors (Lipinski definition) is 9. The molecule has 2 bridgehead atoms. The van der Waals surface area contributed by atoms with E-state index in [1.54, 1.807) is 19.4 Å². The topological polar surface area (TPSA) is 103 Å². The van der Waals surface area contributed by atoms with Crippen molar-refractivity contribution in [2.75, 3.05) is 38.1 Å². The fraction of sp³-hybridized carbons (Fsp3) is 0.595. The van der Waals surface area contributed by atoms with Crippen molar-refractivity contribution >= 4 is 41.6 Å². The molecule has 10 nitrogen and oxygen atoms in total. The van der Waals surface area contributed by atoms with E-state index in [1.165, 1.54) is 6.07 Å². The second-order valence-electron chi connectivity index (χ2n) is 17.1. The molecule has 3 aliphatic heterocycles. The fourth-order valence-corrected chi connectivity index (χ4v) is 14.8. The van der Waals surface area contributed by atoms with Gasteiger partial charge in [0.05, 0.1) is 46.9 Å². The Kier molecular flexibility index (Phi) is 12.0. The predicted octanol–water partition coefficient (Wildman–Crippen LogP) is 8.46. The molecule has 6 rings (SSSR count). The third kappa shape index (κ3) is 8.15. The molecule has 4 atom stereocenters. The lowest BCUT2D eigenvalue weighted by Gasteiger charge is -2.42. The van der Waals surface area contributed by atoms with Crippen LogP contribution in [-0.2, 0) is 38.0 Å². The Bertz CT molecular complexity index is 1990. The summed E-state index contributed by atoms with van der Waals surface area (Å²) < 4.78 is 52.8. The summed E-state index contributed by atoms with van der Waals surface area (Å²) >= 11 is 0. The van der Waals surface area contributed by atoms with Gasteiger partial charge in [-0.1, -0.05) is 53.5 Å². The lowest BCUT2D eigenvalue weighted by molar-refractivity contribution is 0.0118. The van der Waals surface area contributed by atoms with E-state index in [0.717, 1.165) is 35.0 Å². The van der Waals surface area contributed by atoms with Crippen LogP contribution in [-0.4, -0.2) is 84.2 Å². The van der Waals surface area contributed by atoms with Gasteiger partial charge in [-0.15, -0.1) is 5.54 Å². The molecule has 1 amide bonds. The second kappa shape index (κ2) is 16.1. The van der Waals surface area contributed by atoms with E-state index < -0.39 is 30.6 Å². The number of carbonyl (C=O) groups excluding carboxylic acids is 1. The number of nitrogens with zero attached hydrogens (tertiary/aromatic N) is 4. The fourth-order valence-electron chi connectivity index (χ4n) is 9.14. The van der Waals surface area contributed by atoms with Crippen molar-refractivity contribution in [2.45, 2.75) is 134 Å². The van der Waals surface area contributed by atoms with Crippen LogP contribution >= 0.6 is 0 Å². The molecule has 0 spiro atoms. The Morgan fingerprint density at radius 1 is 1.05 bits per heavy atom. The first-order valence-corrected chi connectivity index (χ1v) is 23.3. The number of anilines is 1. The van der Waals surface area contributed by atoms with Crippen molar-refractivity contribution < 1.29 is 32.3 Å². The van der Waals surface area contributed by atoms with Gasteiger partial charge >= 0.3 is 6.09 Å². The van der Waals surface area contributed by atoms with Crippen LogP contribution in [0.4, 0.5) is 15.0 Å². The van der Waals surface area contributed by atoms with Gasteiger partial charge in [-0.3, -0.25) is 9.11 Å². The van der Waals surface area contributed by atoms with Gasteiger partial charge in [0.25, 0.3) is 0 Å². The van der Waals surface area contributed by atoms with Crippen LogP contribution in [0.5, 0.6) is 5.75 Å². The summed E-state index contributed by atoms with van der Waals surface area (Å²) in [6.07, 6.45) is 2.83. The van der Waals surface area contributed by atoms with Gasteiger partial charge in [0.15, 0.2) is 6.79 Å². The van der Waals surface area contributed by atoms with Gasteiger partial charge < -0.3 is 23.8 Å². The second-order valence-corrected chi connectivity index (χ2v) is 24.0. The lowest BCUT2D eigenvalue weighted by Crippen LogP contribution is -2.57. The Hall–Kier alpha value is -3.57. The van der Waals surface area contributed by atoms with Gasteiger partial charge in [0, 0.05) is 43.8 Å². The monoisotopic (exact) mass is 792 g/mol. The Morgan fingerprint density at radius 3 is 2.29 bits per heavy atom. The first-order chi connectivity index (χ1) is 25.9. The molecule has 4 heterocycles. The molecule has 3 aliphatic rings. The molecular formula is C42H57FN4O6SSi. The molecule has 0 radical (unpaired) electrons. The van der Waals surface area contributed by atoms with Crippen LogP contribution < -0.4 is 9.64 Å². The van der Waals surface area contributed by atoms with E-state index in [4.69, 9.17) is 28.9 Å². The van der Waals surface area contributed by atoms with Crippen molar-refractivity contribution in [3.05, 3.63) is 52.5 Å². The summed E-state index contributed by atoms with van der Waals surface area (Å²) in [6, 6.07) is 6.96. The van der Waals surface area contributed by atoms with E-state index in [1.807, 2.05) is 37.8 Å². The maximum Gasteiger partial charge on any atom is 0.410 e. The Labute approximate surface area is 329 Å². The zero-order valence-electron chi connectivity index (χ0n) is 34.2. The maximum absolute atomic E-state index is 16.1. The number of carbonyl (C=O) groups is 1. The van der Waals surface area contributed by atoms with E-state index in [-0.39, 0.29) is 42.6 Å². The first-order valence-electron chi connectivity index (χ1n) is 19.5. The highest BCUT2D eigenvalue weighted by atomic mass is 32.2. The molecule has 2 saturated heterocycles. The molecule has 3 aromatic rings. The zero-order valence-corrected chi connectivity index (χ0v) is 36.1. The molecule has 4 unspecified atom stereocenters. The largest absolute Gasteiger partial charge is 0.468 e. The Balaban J connectivity index is 1.43. The van der Waals surface area contributed by atoms with Crippen LogP contribution in [0.2, 0.25) is 16.6 Å². The highest BCUT2D eigenvalue weighted by Gasteiger charge is 2.46. The van der Waals surface area contributed by atoms with E-state index in [2.05, 4.69) is 57.9 Å².